The minimum Gasteiger partial charge on any atom is -0.341 e. The molecule has 0 saturated carbocycles. The molecule has 1 aromatic rings. The van der Waals surface area contributed by atoms with Gasteiger partial charge in [0, 0.05) is 31.5 Å². The molecule has 1 amide bonds. The Bertz CT molecular complexity index is 396. The highest BCUT2D eigenvalue weighted by atomic mass is 16.2. The monoisotopic (exact) mass is 278 g/mol. The fraction of sp³-hybridized carbons (Fsp3) is 0.733. The molecule has 1 aliphatic heterocycles. The third-order valence-electron chi connectivity index (χ3n) is 3.84. The largest absolute Gasteiger partial charge is 0.341 e. The van der Waals surface area contributed by atoms with E-state index in [0.717, 1.165) is 32.5 Å². The SMILES string of the molecule is CC(Cn1cccn1)NC(C)C(=O)N1CCCCCC1. The van der Waals surface area contributed by atoms with Crippen molar-refractivity contribution in [2.75, 3.05) is 13.1 Å². The Balaban J connectivity index is 1.80. The highest BCUT2D eigenvalue weighted by Gasteiger charge is 2.22. The molecule has 0 spiro atoms. The van der Waals surface area contributed by atoms with Gasteiger partial charge < -0.3 is 10.2 Å². The van der Waals surface area contributed by atoms with E-state index in [-0.39, 0.29) is 18.0 Å². The quantitative estimate of drug-likeness (QED) is 0.891. The van der Waals surface area contributed by atoms with E-state index in [1.54, 1.807) is 6.20 Å². The van der Waals surface area contributed by atoms with E-state index in [1.807, 2.05) is 28.8 Å². The van der Waals surface area contributed by atoms with Crippen LogP contribution in [-0.4, -0.2) is 45.8 Å². The molecule has 0 aromatic carbocycles. The average Bonchev–Trinajstić information content (AvgIpc) is 2.77. The van der Waals surface area contributed by atoms with Gasteiger partial charge in [0.05, 0.1) is 12.6 Å². The fourth-order valence-electron chi connectivity index (χ4n) is 2.80. The Morgan fingerprint density at radius 2 is 1.95 bits per heavy atom. The van der Waals surface area contributed by atoms with Gasteiger partial charge in [-0.05, 0) is 32.8 Å². The second-order valence-electron chi connectivity index (χ2n) is 5.76. The number of rotatable bonds is 5. The van der Waals surface area contributed by atoms with E-state index in [9.17, 15) is 4.79 Å². The maximum absolute atomic E-state index is 12.4. The molecular weight excluding hydrogens is 252 g/mol. The van der Waals surface area contributed by atoms with Gasteiger partial charge in [-0.1, -0.05) is 12.8 Å². The summed E-state index contributed by atoms with van der Waals surface area (Å²) in [5.74, 6) is 0.235. The normalized spacial score (nSPS) is 19.4. The number of carbonyl (C=O) groups is 1. The zero-order valence-electron chi connectivity index (χ0n) is 12.6. The molecule has 1 aliphatic rings. The summed E-state index contributed by atoms with van der Waals surface area (Å²) >= 11 is 0. The van der Waals surface area contributed by atoms with Crippen LogP contribution in [0.25, 0.3) is 0 Å². The minimum absolute atomic E-state index is 0.126. The Kier molecular flexibility index (Phi) is 5.59. The van der Waals surface area contributed by atoms with Crippen LogP contribution in [0.5, 0.6) is 0 Å². The molecular formula is C15H26N4O. The fourth-order valence-corrected chi connectivity index (χ4v) is 2.80. The number of carbonyl (C=O) groups excluding carboxylic acids is 1. The predicted octanol–water partition coefficient (Wildman–Crippen LogP) is 1.65. The lowest BCUT2D eigenvalue weighted by Gasteiger charge is -2.26. The van der Waals surface area contributed by atoms with Crippen molar-refractivity contribution in [3.05, 3.63) is 18.5 Å². The summed E-state index contributed by atoms with van der Waals surface area (Å²) in [6, 6.07) is 2.01. The minimum atomic E-state index is -0.126. The van der Waals surface area contributed by atoms with Gasteiger partial charge in [0.25, 0.3) is 0 Å². The molecule has 0 radical (unpaired) electrons. The number of nitrogens with one attached hydrogen (secondary N) is 1. The number of nitrogens with zero attached hydrogens (tertiary/aromatic N) is 3. The molecule has 2 unspecified atom stereocenters. The lowest BCUT2D eigenvalue weighted by Crippen LogP contribution is -2.48. The molecule has 1 fully saturated rings. The molecule has 2 atom stereocenters. The van der Waals surface area contributed by atoms with Crippen molar-refractivity contribution in [1.82, 2.24) is 20.0 Å². The van der Waals surface area contributed by atoms with Crippen LogP contribution >= 0.6 is 0 Å². The second kappa shape index (κ2) is 7.43. The standard InChI is InChI=1S/C15H26N4O/c1-13(12-19-11-7-8-16-19)17-14(2)15(20)18-9-5-3-4-6-10-18/h7-8,11,13-14,17H,3-6,9-10,12H2,1-2H3. The van der Waals surface area contributed by atoms with Crippen molar-refractivity contribution < 1.29 is 4.79 Å². The third kappa shape index (κ3) is 4.34. The number of hydrogen-bond acceptors (Lipinski definition) is 3. The second-order valence-corrected chi connectivity index (χ2v) is 5.76. The molecule has 5 nitrogen and oxygen atoms in total. The van der Waals surface area contributed by atoms with Crippen molar-refractivity contribution in [1.29, 1.82) is 0 Å². The summed E-state index contributed by atoms with van der Waals surface area (Å²) in [7, 11) is 0. The van der Waals surface area contributed by atoms with Gasteiger partial charge in [0.2, 0.25) is 5.91 Å². The topological polar surface area (TPSA) is 50.2 Å². The Morgan fingerprint density at radius 1 is 1.25 bits per heavy atom. The van der Waals surface area contributed by atoms with Crippen molar-refractivity contribution in [3.8, 4) is 0 Å². The van der Waals surface area contributed by atoms with Gasteiger partial charge in [-0.2, -0.15) is 5.10 Å². The number of hydrogen-bond donors (Lipinski definition) is 1. The number of aromatic nitrogens is 2. The van der Waals surface area contributed by atoms with Crippen LogP contribution < -0.4 is 5.32 Å². The Hall–Kier alpha value is -1.36. The molecule has 1 saturated heterocycles. The first-order valence-electron chi connectivity index (χ1n) is 7.69. The third-order valence-corrected chi connectivity index (χ3v) is 3.84. The maximum Gasteiger partial charge on any atom is 0.239 e. The van der Waals surface area contributed by atoms with Crippen LogP contribution in [0, 0.1) is 0 Å². The van der Waals surface area contributed by atoms with Gasteiger partial charge in [0.15, 0.2) is 0 Å². The molecule has 112 valence electrons. The van der Waals surface area contributed by atoms with Gasteiger partial charge in [-0.15, -0.1) is 0 Å². The van der Waals surface area contributed by atoms with Gasteiger partial charge in [0.1, 0.15) is 0 Å². The first-order valence-corrected chi connectivity index (χ1v) is 7.69. The average molecular weight is 278 g/mol. The smallest absolute Gasteiger partial charge is 0.239 e. The summed E-state index contributed by atoms with van der Waals surface area (Å²) < 4.78 is 1.89. The summed E-state index contributed by atoms with van der Waals surface area (Å²) in [6.07, 6.45) is 8.50. The molecule has 20 heavy (non-hydrogen) atoms. The van der Waals surface area contributed by atoms with Crippen molar-refractivity contribution >= 4 is 5.91 Å². The Labute approximate surface area is 121 Å². The van der Waals surface area contributed by atoms with Gasteiger partial charge in [-0.25, -0.2) is 0 Å². The number of likely N-dealkylation sites (tertiary alicyclic amines) is 1. The van der Waals surface area contributed by atoms with Crippen LogP contribution in [0.15, 0.2) is 18.5 Å². The van der Waals surface area contributed by atoms with E-state index in [0.29, 0.717) is 0 Å². The summed E-state index contributed by atoms with van der Waals surface area (Å²) in [5, 5.41) is 7.58. The zero-order valence-corrected chi connectivity index (χ0v) is 12.6. The van der Waals surface area contributed by atoms with E-state index < -0.39 is 0 Å². The highest BCUT2D eigenvalue weighted by molar-refractivity contribution is 5.81. The molecule has 0 bridgehead atoms. The highest BCUT2D eigenvalue weighted by Crippen LogP contribution is 2.11. The lowest BCUT2D eigenvalue weighted by molar-refractivity contribution is -0.133. The van der Waals surface area contributed by atoms with Crippen LogP contribution in [0.3, 0.4) is 0 Å². The summed E-state index contributed by atoms with van der Waals surface area (Å²) in [6.45, 7) is 6.67. The lowest BCUT2D eigenvalue weighted by atomic mass is 10.2. The number of amides is 1. The summed E-state index contributed by atoms with van der Waals surface area (Å²) in [5.41, 5.74) is 0. The molecule has 1 aromatic heterocycles. The van der Waals surface area contributed by atoms with E-state index in [1.165, 1.54) is 12.8 Å². The molecule has 2 rings (SSSR count). The van der Waals surface area contributed by atoms with Crippen LogP contribution in [0.4, 0.5) is 0 Å². The van der Waals surface area contributed by atoms with E-state index >= 15 is 0 Å². The summed E-state index contributed by atoms with van der Waals surface area (Å²) in [4.78, 5) is 14.4. The van der Waals surface area contributed by atoms with Crippen LogP contribution in [0.1, 0.15) is 39.5 Å². The van der Waals surface area contributed by atoms with Crippen molar-refractivity contribution in [2.45, 2.75) is 58.2 Å². The molecule has 2 heterocycles. The van der Waals surface area contributed by atoms with E-state index in [2.05, 4.69) is 17.3 Å². The first kappa shape index (κ1) is 15.0. The molecule has 5 heteroatoms. The Morgan fingerprint density at radius 3 is 2.55 bits per heavy atom. The maximum atomic E-state index is 12.4. The van der Waals surface area contributed by atoms with Crippen LogP contribution in [-0.2, 0) is 11.3 Å². The van der Waals surface area contributed by atoms with E-state index in [4.69, 9.17) is 0 Å². The van der Waals surface area contributed by atoms with Crippen molar-refractivity contribution in [3.63, 3.8) is 0 Å². The van der Waals surface area contributed by atoms with Crippen LogP contribution in [0.2, 0.25) is 0 Å². The zero-order chi connectivity index (χ0) is 14.4. The predicted molar refractivity (Wildman–Crippen MR) is 79.3 cm³/mol. The van der Waals surface area contributed by atoms with Gasteiger partial charge in [-0.3, -0.25) is 9.48 Å². The first-order chi connectivity index (χ1) is 9.66. The van der Waals surface area contributed by atoms with Gasteiger partial charge >= 0.3 is 0 Å². The molecule has 1 N–H and O–H groups in total. The molecule has 0 aliphatic carbocycles. The van der Waals surface area contributed by atoms with Crippen molar-refractivity contribution in [2.24, 2.45) is 0 Å².